The van der Waals surface area contributed by atoms with Gasteiger partial charge in [-0.15, -0.1) is 0 Å². The van der Waals surface area contributed by atoms with E-state index in [0.29, 0.717) is 38.5 Å². The molecule has 8 nitrogen and oxygen atoms in total. The molecule has 0 saturated heterocycles. The number of rotatable bonds is 4. The van der Waals surface area contributed by atoms with E-state index in [1.807, 2.05) is 0 Å². The molecule has 0 aliphatic carbocycles. The van der Waals surface area contributed by atoms with Gasteiger partial charge in [0.25, 0.3) is 5.91 Å². The Kier molecular flexibility index (Phi) is 12.8. The number of halogens is 1. The monoisotopic (exact) mass is 451 g/mol. The number of hydrogen-bond acceptors (Lipinski definition) is 3. The van der Waals surface area contributed by atoms with Crippen molar-refractivity contribution in [1.29, 1.82) is 0 Å². The first-order valence-electron chi connectivity index (χ1n) is 7.62. The molecule has 1 aromatic heterocycles. The average molecular weight is 452 g/mol. The van der Waals surface area contributed by atoms with E-state index in [9.17, 15) is 14.7 Å². The molecular weight excluding hydrogens is 429 g/mol. The molecule has 0 aliphatic rings. The van der Waals surface area contributed by atoms with Gasteiger partial charge in [0.05, 0.1) is 19.0 Å². The van der Waals surface area contributed by atoms with Crippen molar-refractivity contribution >= 4 is 34.4 Å². The summed E-state index contributed by atoms with van der Waals surface area (Å²) in [7, 11) is 1.54. The van der Waals surface area contributed by atoms with Crippen LogP contribution in [-0.2, 0) is 11.2 Å². The normalized spacial score (nSPS) is 9.34. The number of aromatic nitrogens is 1. The Bertz CT molecular complexity index is 993. The number of nitrogens with zero attached hydrogens (tertiary/aromatic N) is 1. The average Bonchev–Trinajstić information content (AvgIpc) is 2.86. The van der Waals surface area contributed by atoms with Crippen molar-refractivity contribution < 1.29 is 88.7 Å². The second-order valence-corrected chi connectivity index (χ2v) is 6.10. The summed E-state index contributed by atoms with van der Waals surface area (Å²) < 4.78 is 6.77. The van der Waals surface area contributed by atoms with Crippen molar-refractivity contribution in [2.75, 3.05) is 7.11 Å². The molecule has 0 bridgehead atoms. The Balaban J connectivity index is -0.00000146. The van der Waals surface area contributed by atoms with E-state index in [1.165, 1.54) is 4.57 Å². The van der Waals surface area contributed by atoms with E-state index in [0.717, 1.165) is 0 Å². The Morgan fingerprint density at radius 2 is 1.69 bits per heavy atom. The molecule has 0 amide bonds. The summed E-state index contributed by atoms with van der Waals surface area (Å²) in [5.74, 6) is -0.583. The van der Waals surface area contributed by atoms with E-state index in [-0.39, 0.29) is 81.6 Å². The summed E-state index contributed by atoms with van der Waals surface area (Å²) in [6.07, 6.45) is -0.170. The number of fused-ring (bicyclic) bond motifs is 1. The summed E-state index contributed by atoms with van der Waals surface area (Å²) in [5, 5.41) is 10.5. The molecule has 2 aromatic carbocycles. The molecule has 3 aromatic rings. The quantitative estimate of drug-likeness (QED) is 0.481. The Morgan fingerprint density at radius 3 is 2.21 bits per heavy atom. The zero-order chi connectivity index (χ0) is 18.1. The second kappa shape index (κ2) is 12.4. The van der Waals surface area contributed by atoms with Crippen LogP contribution >= 0.6 is 11.6 Å². The summed E-state index contributed by atoms with van der Waals surface area (Å²) in [6.45, 7) is 1.75. The van der Waals surface area contributed by atoms with Crippen molar-refractivity contribution in [3.63, 3.8) is 0 Å². The van der Waals surface area contributed by atoms with Gasteiger partial charge in [0.15, 0.2) is 0 Å². The van der Waals surface area contributed by atoms with Crippen LogP contribution in [0.25, 0.3) is 10.9 Å². The van der Waals surface area contributed by atoms with E-state index in [2.05, 4.69) is 0 Å². The van der Waals surface area contributed by atoms with Crippen LogP contribution in [0.15, 0.2) is 42.5 Å². The standard InChI is InChI=1S/C19H16ClNO4.K.3H2O.H/c1-11-15(10-18(22)23)16-9-14(25-2)7-8-17(16)21(11)19(24)12-3-5-13(20)6-4-12;;;;;/h3-9H,10H2,1-2H3,(H,22,23);;3*1H2;/q;+1;;;;-1. The van der Waals surface area contributed by atoms with Crippen molar-refractivity contribution in [3.8, 4) is 5.75 Å². The third-order valence-electron chi connectivity index (χ3n) is 4.16. The summed E-state index contributed by atoms with van der Waals surface area (Å²) >= 11 is 5.89. The molecular formula is C19H23ClKNO7. The number of carbonyl (C=O) groups excluding carboxylic acids is 1. The number of methoxy groups -OCH3 is 1. The van der Waals surface area contributed by atoms with Crippen LogP contribution in [0.2, 0.25) is 5.02 Å². The van der Waals surface area contributed by atoms with Crippen LogP contribution in [0, 0.1) is 6.92 Å². The molecule has 0 saturated carbocycles. The maximum absolute atomic E-state index is 13.0. The number of aliphatic carboxylic acids is 1. The van der Waals surface area contributed by atoms with Gasteiger partial charge in [-0.3, -0.25) is 14.2 Å². The molecule has 1 heterocycles. The van der Waals surface area contributed by atoms with Gasteiger partial charge in [-0.2, -0.15) is 0 Å². The number of carboxylic acid groups (broad SMARTS) is 1. The number of benzene rings is 2. The van der Waals surface area contributed by atoms with Crippen molar-refractivity contribution in [3.05, 3.63) is 64.3 Å². The van der Waals surface area contributed by atoms with Gasteiger partial charge < -0.3 is 27.7 Å². The first kappa shape index (κ1) is 29.9. The minimum absolute atomic E-state index is 0. The SMILES string of the molecule is COc1ccc2c(c1)c(CC(=O)O)c(C)n2C(=O)c1ccc(Cl)cc1.O.O.O.[H-].[K+]. The van der Waals surface area contributed by atoms with Crippen LogP contribution in [-0.4, -0.2) is 45.1 Å². The van der Waals surface area contributed by atoms with Crippen LogP contribution < -0.4 is 56.1 Å². The Hall–Kier alpha value is -1.27. The Labute approximate surface area is 216 Å². The van der Waals surface area contributed by atoms with Crippen LogP contribution in [0.3, 0.4) is 0 Å². The predicted molar refractivity (Wildman–Crippen MR) is 108 cm³/mol. The number of ether oxygens (including phenoxy) is 1. The van der Waals surface area contributed by atoms with E-state index >= 15 is 0 Å². The largest absolute Gasteiger partial charge is 1.00 e. The molecule has 29 heavy (non-hydrogen) atoms. The van der Waals surface area contributed by atoms with E-state index < -0.39 is 5.97 Å². The summed E-state index contributed by atoms with van der Waals surface area (Å²) in [5.41, 5.74) is 2.32. The molecule has 10 heteroatoms. The maximum atomic E-state index is 13.0. The molecule has 0 spiro atoms. The minimum Gasteiger partial charge on any atom is -1.00 e. The third-order valence-corrected chi connectivity index (χ3v) is 4.42. The smallest absolute Gasteiger partial charge is 1.00 e. The van der Waals surface area contributed by atoms with Gasteiger partial charge in [0, 0.05) is 21.7 Å². The number of carbonyl (C=O) groups is 2. The first-order valence-corrected chi connectivity index (χ1v) is 8.00. The molecule has 154 valence electrons. The van der Waals surface area contributed by atoms with Gasteiger partial charge in [0.1, 0.15) is 5.75 Å². The molecule has 0 fully saturated rings. The van der Waals surface area contributed by atoms with Gasteiger partial charge in [0.2, 0.25) is 0 Å². The van der Waals surface area contributed by atoms with Gasteiger partial charge in [-0.05, 0) is 55.0 Å². The minimum atomic E-state index is -0.955. The molecule has 0 aliphatic heterocycles. The number of carboxylic acids is 1. The molecule has 0 atom stereocenters. The van der Waals surface area contributed by atoms with E-state index in [4.69, 9.17) is 16.3 Å². The van der Waals surface area contributed by atoms with Gasteiger partial charge in [-0.25, -0.2) is 0 Å². The first-order chi connectivity index (χ1) is 11.9. The van der Waals surface area contributed by atoms with Crippen molar-refractivity contribution in [1.82, 2.24) is 4.57 Å². The van der Waals surface area contributed by atoms with Crippen LogP contribution in [0.4, 0.5) is 0 Å². The molecule has 0 unspecified atom stereocenters. The molecule has 3 rings (SSSR count). The third kappa shape index (κ3) is 6.11. The predicted octanol–water partition coefficient (Wildman–Crippen LogP) is -1.43. The van der Waals surface area contributed by atoms with Gasteiger partial charge in [-0.1, -0.05) is 11.6 Å². The zero-order valence-electron chi connectivity index (χ0n) is 17.2. The van der Waals surface area contributed by atoms with Crippen molar-refractivity contribution in [2.45, 2.75) is 13.3 Å². The molecule has 0 radical (unpaired) electrons. The molecule has 7 N–H and O–H groups in total. The maximum Gasteiger partial charge on any atom is 1.00 e. The van der Waals surface area contributed by atoms with Crippen LogP contribution in [0.5, 0.6) is 5.75 Å². The second-order valence-electron chi connectivity index (χ2n) is 5.67. The Morgan fingerprint density at radius 1 is 1.10 bits per heavy atom. The van der Waals surface area contributed by atoms with Crippen LogP contribution in [0.1, 0.15) is 23.0 Å². The van der Waals surface area contributed by atoms with E-state index in [1.54, 1.807) is 56.5 Å². The van der Waals surface area contributed by atoms with Gasteiger partial charge >= 0.3 is 57.4 Å². The summed E-state index contributed by atoms with van der Waals surface area (Å²) in [6, 6.07) is 11.9. The van der Waals surface area contributed by atoms with Crippen molar-refractivity contribution in [2.24, 2.45) is 0 Å². The fourth-order valence-electron chi connectivity index (χ4n) is 2.95. The topological polar surface area (TPSA) is 163 Å². The fraction of sp³-hybridized carbons (Fsp3) is 0.158. The summed E-state index contributed by atoms with van der Waals surface area (Å²) in [4.78, 5) is 24.3. The number of hydrogen-bond donors (Lipinski definition) is 1. The zero-order valence-corrected chi connectivity index (χ0v) is 20.1. The fourth-order valence-corrected chi connectivity index (χ4v) is 3.07.